The van der Waals surface area contributed by atoms with Crippen LogP contribution in [0.3, 0.4) is 0 Å². The summed E-state index contributed by atoms with van der Waals surface area (Å²) in [6.07, 6.45) is 1.68. The second-order valence-corrected chi connectivity index (χ2v) is 6.89. The smallest absolute Gasteiger partial charge is 0.269 e. The van der Waals surface area contributed by atoms with Gasteiger partial charge in [0.1, 0.15) is 11.5 Å². The van der Waals surface area contributed by atoms with E-state index < -0.39 is 17.7 Å². The molecule has 148 valence electrons. The Balaban J connectivity index is 1.48. The van der Waals surface area contributed by atoms with Gasteiger partial charge in [0.05, 0.1) is 24.8 Å². The lowest BCUT2D eigenvalue weighted by molar-refractivity contribution is -0.129. The number of amides is 3. The average Bonchev–Trinajstić information content (AvgIpc) is 3.30. The van der Waals surface area contributed by atoms with E-state index >= 15 is 0 Å². The first-order valence-electron chi connectivity index (χ1n) is 9.09. The van der Waals surface area contributed by atoms with Crippen LogP contribution in [-0.2, 0) is 16.1 Å². The Morgan fingerprint density at radius 3 is 2.61 bits per heavy atom. The van der Waals surface area contributed by atoms with Crippen LogP contribution in [0.25, 0.3) is 0 Å². The Kier molecular flexibility index (Phi) is 5.98. The molecule has 3 rings (SSSR count). The number of hydrogen-bond donors (Lipinski definition) is 2. The average molecular weight is 385 g/mol. The molecule has 8 nitrogen and oxygen atoms in total. The van der Waals surface area contributed by atoms with Crippen LogP contribution >= 0.6 is 0 Å². The fraction of sp³-hybridized carbons (Fsp3) is 0.350. The Hall–Kier alpha value is -3.29. The number of hydrogen-bond acceptors (Lipinski definition) is 5. The number of rotatable bonds is 6. The van der Waals surface area contributed by atoms with E-state index in [1.807, 2.05) is 13.8 Å². The molecule has 8 heteroatoms. The molecule has 0 bridgehead atoms. The highest BCUT2D eigenvalue weighted by atomic mass is 16.5. The van der Waals surface area contributed by atoms with E-state index in [-0.39, 0.29) is 25.0 Å². The molecular weight excluding hydrogens is 362 g/mol. The summed E-state index contributed by atoms with van der Waals surface area (Å²) in [7, 11) is 0. The van der Waals surface area contributed by atoms with Crippen molar-refractivity contribution < 1.29 is 23.5 Å². The number of benzene rings is 1. The van der Waals surface area contributed by atoms with E-state index in [2.05, 4.69) is 10.9 Å². The minimum Gasteiger partial charge on any atom is -0.491 e. The Bertz CT molecular complexity index is 830. The van der Waals surface area contributed by atoms with Crippen LogP contribution in [0.5, 0.6) is 5.75 Å². The monoisotopic (exact) mass is 385 g/mol. The van der Waals surface area contributed by atoms with Gasteiger partial charge < -0.3 is 14.1 Å². The van der Waals surface area contributed by atoms with Crippen molar-refractivity contribution in [2.75, 3.05) is 6.54 Å². The molecule has 3 amide bonds. The third-order valence-corrected chi connectivity index (χ3v) is 4.30. The van der Waals surface area contributed by atoms with E-state index in [0.29, 0.717) is 23.6 Å². The predicted octanol–water partition coefficient (Wildman–Crippen LogP) is 1.88. The maximum absolute atomic E-state index is 12.3. The molecule has 28 heavy (non-hydrogen) atoms. The zero-order chi connectivity index (χ0) is 20.1. The van der Waals surface area contributed by atoms with Gasteiger partial charge in [-0.25, -0.2) is 0 Å². The van der Waals surface area contributed by atoms with Crippen molar-refractivity contribution in [3.05, 3.63) is 54.0 Å². The van der Waals surface area contributed by atoms with Gasteiger partial charge in [-0.3, -0.25) is 25.2 Å². The zero-order valence-corrected chi connectivity index (χ0v) is 15.8. The van der Waals surface area contributed by atoms with E-state index in [1.54, 1.807) is 41.3 Å². The molecule has 2 aromatic rings. The maximum atomic E-state index is 12.3. The van der Waals surface area contributed by atoms with Crippen molar-refractivity contribution in [2.24, 2.45) is 5.92 Å². The molecule has 0 radical (unpaired) electrons. The molecule has 0 aliphatic carbocycles. The molecule has 1 saturated heterocycles. The standard InChI is InChI=1S/C20H23N3O5/c1-13(2)28-16-7-5-14(6-8-16)19(25)21-22-20(26)15-10-18(24)23(11-15)12-17-4-3-9-27-17/h3-9,13,15H,10-12H2,1-2H3,(H,21,25)(H,22,26). The van der Waals surface area contributed by atoms with Gasteiger partial charge in [0, 0.05) is 18.5 Å². The molecule has 0 saturated carbocycles. The number of likely N-dealkylation sites (tertiary alicyclic amines) is 1. The third-order valence-electron chi connectivity index (χ3n) is 4.30. The lowest BCUT2D eigenvalue weighted by Crippen LogP contribution is -2.45. The molecule has 1 aliphatic rings. The molecule has 1 aromatic heterocycles. The summed E-state index contributed by atoms with van der Waals surface area (Å²) >= 11 is 0. The van der Waals surface area contributed by atoms with Crippen molar-refractivity contribution in [1.82, 2.24) is 15.8 Å². The number of furan rings is 1. The van der Waals surface area contributed by atoms with Gasteiger partial charge in [-0.2, -0.15) is 0 Å². The van der Waals surface area contributed by atoms with Crippen LogP contribution in [0, 0.1) is 5.92 Å². The van der Waals surface area contributed by atoms with Gasteiger partial charge in [0.15, 0.2) is 0 Å². The molecule has 2 heterocycles. The number of hydrazine groups is 1. The van der Waals surface area contributed by atoms with E-state index in [9.17, 15) is 14.4 Å². The number of carbonyl (C=O) groups is 3. The van der Waals surface area contributed by atoms with Crippen LogP contribution in [0.1, 0.15) is 36.4 Å². The third kappa shape index (κ3) is 4.91. The molecule has 1 atom stereocenters. The highest BCUT2D eigenvalue weighted by Crippen LogP contribution is 2.20. The summed E-state index contributed by atoms with van der Waals surface area (Å²) in [4.78, 5) is 38.1. The largest absolute Gasteiger partial charge is 0.491 e. The van der Waals surface area contributed by atoms with Crippen molar-refractivity contribution >= 4 is 17.7 Å². The lowest BCUT2D eigenvalue weighted by Gasteiger charge is -2.15. The number of nitrogens with zero attached hydrogens (tertiary/aromatic N) is 1. The fourth-order valence-electron chi connectivity index (χ4n) is 2.94. The predicted molar refractivity (Wildman–Crippen MR) is 100 cm³/mol. The minimum atomic E-state index is -0.524. The lowest BCUT2D eigenvalue weighted by atomic mass is 10.1. The molecule has 1 aromatic carbocycles. The molecule has 2 N–H and O–H groups in total. The Morgan fingerprint density at radius 1 is 1.21 bits per heavy atom. The van der Waals surface area contributed by atoms with Crippen molar-refractivity contribution in [1.29, 1.82) is 0 Å². The number of carbonyl (C=O) groups excluding carboxylic acids is 3. The summed E-state index contributed by atoms with van der Waals surface area (Å²) in [6, 6.07) is 10.1. The normalized spacial score (nSPS) is 16.3. The maximum Gasteiger partial charge on any atom is 0.269 e. The molecular formula is C20H23N3O5. The summed E-state index contributed by atoms with van der Waals surface area (Å²) in [5, 5.41) is 0. The fourth-order valence-corrected chi connectivity index (χ4v) is 2.94. The van der Waals surface area contributed by atoms with Crippen molar-refractivity contribution in [3.63, 3.8) is 0 Å². The van der Waals surface area contributed by atoms with E-state index in [1.165, 1.54) is 6.26 Å². The van der Waals surface area contributed by atoms with Crippen LogP contribution in [0.15, 0.2) is 47.1 Å². The van der Waals surface area contributed by atoms with Gasteiger partial charge in [0.2, 0.25) is 11.8 Å². The Morgan fingerprint density at radius 2 is 1.96 bits per heavy atom. The second kappa shape index (κ2) is 8.60. The second-order valence-electron chi connectivity index (χ2n) is 6.89. The minimum absolute atomic E-state index is 0.0421. The molecule has 1 unspecified atom stereocenters. The van der Waals surface area contributed by atoms with Gasteiger partial charge in [0.25, 0.3) is 5.91 Å². The first-order chi connectivity index (χ1) is 13.4. The topological polar surface area (TPSA) is 101 Å². The molecule has 1 aliphatic heterocycles. The van der Waals surface area contributed by atoms with E-state index in [0.717, 1.165) is 0 Å². The van der Waals surface area contributed by atoms with Crippen LogP contribution in [-0.4, -0.2) is 35.3 Å². The first-order valence-corrected chi connectivity index (χ1v) is 9.09. The summed E-state index contributed by atoms with van der Waals surface area (Å²) in [5.41, 5.74) is 5.17. The van der Waals surface area contributed by atoms with Gasteiger partial charge >= 0.3 is 0 Å². The van der Waals surface area contributed by atoms with Crippen LogP contribution in [0.2, 0.25) is 0 Å². The summed E-state index contributed by atoms with van der Waals surface area (Å²) < 4.78 is 10.8. The van der Waals surface area contributed by atoms with Crippen molar-refractivity contribution in [2.45, 2.75) is 32.9 Å². The summed E-state index contributed by atoms with van der Waals surface area (Å²) in [5.74, 6) is -0.165. The van der Waals surface area contributed by atoms with Gasteiger partial charge in [-0.05, 0) is 50.2 Å². The van der Waals surface area contributed by atoms with Gasteiger partial charge in [-0.15, -0.1) is 0 Å². The quantitative estimate of drug-likeness (QED) is 0.740. The SMILES string of the molecule is CC(C)Oc1ccc(C(=O)NNC(=O)C2CC(=O)N(Cc3ccco3)C2)cc1. The Labute approximate surface area is 162 Å². The highest BCUT2D eigenvalue weighted by Gasteiger charge is 2.34. The first kappa shape index (κ1) is 19.5. The van der Waals surface area contributed by atoms with Gasteiger partial charge in [-0.1, -0.05) is 0 Å². The number of nitrogens with one attached hydrogen (secondary N) is 2. The zero-order valence-electron chi connectivity index (χ0n) is 15.8. The number of ether oxygens (including phenoxy) is 1. The van der Waals surface area contributed by atoms with E-state index in [4.69, 9.17) is 9.15 Å². The molecule has 0 spiro atoms. The highest BCUT2D eigenvalue weighted by molar-refractivity contribution is 5.96. The van der Waals surface area contributed by atoms with Crippen LogP contribution in [0.4, 0.5) is 0 Å². The molecule has 1 fully saturated rings. The van der Waals surface area contributed by atoms with Crippen molar-refractivity contribution in [3.8, 4) is 5.75 Å². The summed E-state index contributed by atoms with van der Waals surface area (Å²) in [6.45, 7) is 4.44. The van der Waals surface area contributed by atoms with Crippen LogP contribution < -0.4 is 15.6 Å².